The fourth-order valence-electron chi connectivity index (χ4n) is 2.17. The SMILES string of the molecule is CCOC(=O)CN(C)C(=O)Cc1ccccc1Oc1ccc(Cl)cc1. The van der Waals surface area contributed by atoms with Crippen LogP contribution in [0.25, 0.3) is 0 Å². The molecular weight excluding hydrogens is 342 g/mol. The Kier molecular flexibility index (Phi) is 6.83. The van der Waals surface area contributed by atoms with Crippen LogP contribution in [0.5, 0.6) is 11.5 Å². The summed E-state index contributed by atoms with van der Waals surface area (Å²) < 4.78 is 10.7. The molecule has 0 aromatic heterocycles. The quantitative estimate of drug-likeness (QED) is 0.706. The molecule has 0 aliphatic carbocycles. The van der Waals surface area contributed by atoms with Gasteiger partial charge < -0.3 is 14.4 Å². The lowest BCUT2D eigenvalue weighted by Crippen LogP contribution is -2.34. The van der Waals surface area contributed by atoms with Crippen molar-refractivity contribution in [3.05, 3.63) is 59.1 Å². The Morgan fingerprint density at radius 3 is 2.44 bits per heavy atom. The van der Waals surface area contributed by atoms with Crippen molar-refractivity contribution in [3.8, 4) is 11.5 Å². The van der Waals surface area contributed by atoms with Crippen molar-refractivity contribution in [2.45, 2.75) is 13.3 Å². The fraction of sp³-hybridized carbons (Fsp3) is 0.263. The lowest BCUT2D eigenvalue weighted by Gasteiger charge is -2.17. The van der Waals surface area contributed by atoms with Crippen molar-refractivity contribution in [2.24, 2.45) is 0 Å². The van der Waals surface area contributed by atoms with Gasteiger partial charge in [0.15, 0.2) is 0 Å². The van der Waals surface area contributed by atoms with E-state index in [-0.39, 0.29) is 18.9 Å². The van der Waals surface area contributed by atoms with Crippen LogP contribution in [0.15, 0.2) is 48.5 Å². The maximum atomic E-state index is 12.3. The largest absolute Gasteiger partial charge is 0.465 e. The topological polar surface area (TPSA) is 55.8 Å². The normalized spacial score (nSPS) is 10.2. The van der Waals surface area contributed by atoms with Gasteiger partial charge in [-0.15, -0.1) is 0 Å². The Morgan fingerprint density at radius 1 is 1.08 bits per heavy atom. The highest BCUT2D eigenvalue weighted by Gasteiger charge is 2.16. The van der Waals surface area contributed by atoms with E-state index in [1.54, 1.807) is 44.3 Å². The molecule has 0 unspecified atom stereocenters. The zero-order valence-electron chi connectivity index (χ0n) is 14.2. The third kappa shape index (κ3) is 5.80. The Balaban J connectivity index is 2.05. The van der Waals surface area contributed by atoms with Crippen molar-refractivity contribution < 1.29 is 19.1 Å². The van der Waals surface area contributed by atoms with Gasteiger partial charge in [0.05, 0.1) is 13.0 Å². The first kappa shape index (κ1) is 18.8. The zero-order valence-corrected chi connectivity index (χ0v) is 15.0. The number of hydrogen-bond donors (Lipinski definition) is 0. The summed E-state index contributed by atoms with van der Waals surface area (Å²) in [5, 5.41) is 0.622. The standard InChI is InChI=1S/C19H20ClNO4/c1-3-24-19(23)13-21(2)18(22)12-14-6-4-5-7-17(14)25-16-10-8-15(20)9-11-16/h4-11H,3,12-13H2,1-2H3. The number of para-hydroxylation sites is 1. The first-order chi connectivity index (χ1) is 12.0. The fourth-order valence-corrected chi connectivity index (χ4v) is 2.29. The predicted octanol–water partition coefficient (Wildman–Crippen LogP) is 3.70. The minimum Gasteiger partial charge on any atom is -0.465 e. The zero-order chi connectivity index (χ0) is 18.2. The molecule has 0 saturated heterocycles. The number of benzene rings is 2. The molecule has 0 N–H and O–H groups in total. The first-order valence-electron chi connectivity index (χ1n) is 7.90. The molecule has 1 amide bonds. The van der Waals surface area contributed by atoms with Crippen molar-refractivity contribution in [2.75, 3.05) is 20.2 Å². The summed E-state index contributed by atoms with van der Waals surface area (Å²) in [4.78, 5) is 25.2. The van der Waals surface area contributed by atoms with Gasteiger partial charge in [-0.3, -0.25) is 9.59 Å². The Bertz CT molecular complexity index is 730. The van der Waals surface area contributed by atoms with E-state index in [0.29, 0.717) is 23.1 Å². The molecule has 0 atom stereocenters. The minimum atomic E-state index is -0.427. The van der Waals surface area contributed by atoms with Gasteiger partial charge >= 0.3 is 5.97 Å². The van der Waals surface area contributed by atoms with Gasteiger partial charge in [0.25, 0.3) is 0 Å². The molecule has 0 heterocycles. The van der Waals surface area contributed by atoms with Crippen molar-refractivity contribution in [3.63, 3.8) is 0 Å². The number of carbonyl (C=O) groups is 2. The van der Waals surface area contributed by atoms with Crippen LogP contribution in [0.1, 0.15) is 12.5 Å². The van der Waals surface area contributed by atoms with E-state index in [1.165, 1.54) is 4.90 Å². The third-order valence-corrected chi connectivity index (χ3v) is 3.71. The van der Waals surface area contributed by atoms with Gasteiger partial charge in [0.2, 0.25) is 5.91 Å². The molecule has 0 aliphatic heterocycles. The van der Waals surface area contributed by atoms with Crippen LogP contribution in [0.4, 0.5) is 0 Å². The molecule has 2 rings (SSSR count). The summed E-state index contributed by atoms with van der Waals surface area (Å²) >= 11 is 5.87. The van der Waals surface area contributed by atoms with E-state index in [4.69, 9.17) is 21.1 Å². The summed E-state index contributed by atoms with van der Waals surface area (Å²) in [6, 6.07) is 14.3. The second-order valence-electron chi connectivity index (χ2n) is 5.40. The Hall–Kier alpha value is -2.53. The van der Waals surface area contributed by atoms with Gasteiger partial charge in [0.1, 0.15) is 18.0 Å². The average molecular weight is 362 g/mol. The van der Waals surface area contributed by atoms with Gasteiger partial charge in [-0.1, -0.05) is 29.8 Å². The predicted molar refractivity (Wildman–Crippen MR) is 95.9 cm³/mol. The summed E-state index contributed by atoms with van der Waals surface area (Å²) in [7, 11) is 1.57. The monoisotopic (exact) mass is 361 g/mol. The van der Waals surface area contributed by atoms with Crippen LogP contribution in [-0.4, -0.2) is 37.0 Å². The van der Waals surface area contributed by atoms with Crippen LogP contribution in [0.2, 0.25) is 5.02 Å². The van der Waals surface area contributed by atoms with Gasteiger partial charge in [-0.2, -0.15) is 0 Å². The van der Waals surface area contributed by atoms with E-state index in [2.05, 4.69) is 0 Å². The Labute approximate surface area is 152 Å². The van der Waals surface area contributed by atoms with Gasteiger partial charge in [-0.05, 0) is 37.3 Å². The number of halogens is 1. The molecule has 0 radical (unpaired) electrons. The lowest BCUT2D eigenvalue weighted by atomic mass is 10.1. The molecule has 132 valence electrons. The summed E-state index contributed by atoms with van der Waals surface area (Å²) in [5.41, 5.74) is 0.734. The van der Waals surface area contributed by atoms with Crippen molar-refractivity contribution in [1.82, 2.24) is 4.90 Å². The summed E-state index contributed by atoms with van der Waals surface area (Å²) in [6.07, 6.45) is 0.125. The maximum Gasteiger partial charge on any atom is 0.325 e. The molecular formula is C19H20ClNO4. The van der Waals surface area contributed by atoms with Gasteiger partial charge in [-0.25, -0.2) is 0 Å². The number of nitrogens with zero attached hydrogens (tertiary/aromatic N) is 1. The number of esters is 1. The molecule has 0 saturated carbocycles. The second kappa shape index (κ2) is 9.08. The number of ether oxygens (including phenoxy) is 2. The molecule has 5 nitrogen and oxygen atoms in total. The molecule has 0 fully saturated rings. The van der Waals surface area contributed by atoms with Gasteiger partial charge in [0, 0.05) is 17.6 Å². The van der Waals surface area contributed by atoms with E-state index in [0.717, 1.165) is 5.56 Å². The highest BCUT2D eigenvalue weighted by atomic mass is 35.5. The average Bonchev–Trinajstić information content (AvgIpc) is 2.58. The number of rotatable bonds is 7. The van der Waals surface area contributed by atoms with E-state index in [9.17, 15) is 9.59 Å². The van der Waals surface area contributed by atoms with Crippen LogP contribution in [-0.2, 0) is 20.7 Å². The number of hydrogen-bond acceptors (Lipinski definition) is 4. The van der Waals surface area contributed by atoms with E-state index < -0.39 is 5.97 Å². The number of likely N-dealkylation sites (N-methyl/N-ethyl adjacent to an activating group) is 1. The molecule has 2 aromatic rings. The summed E-state index contributed by atoms with van der Waals surface area (Å²) in [5.74, 6) is 0.594. The van der Waals surface area contributed by atoms with Crippen LogP contribution >= 0.6 is 11.6 Å². The van der Waals surface area contributed by atoms with Crippen LogP contribution in [0.3, 0.4) is 0 Å². The van der Waals surface area contributed by atoms with E-state index >= 15 is 0 Å². The third-order valence-electron chi connectivity index (χ3n) is 3.45. The molecule has 2 aromatic carbocycles. The highest BCUT2D eigenvalue weighted by Crippen LogP contribution is 2.26. The lowest BCUT2D eigenvalue weighted by molar-refractivity contribution is -0.147. The minimum absolute atomic E-state index is 0.0765. The summed E-state index contributed by atoms with van der Waals surface area (Å²) in [6.45, 7) is 1.94. The molecule has 0 aliphatic rings. The molecule has 25 heavy (non-hydrogen) atoms. The van der Waals surface area contributed by atoms with Crippen molar-refractivity contribution >= 4 is 23.5 Å². The molecule has 0 bridgehead atoms. The van der Waals surface area contributed by atoms with Crippen molar-refractivity contribution in [1.29, 1.82) is 0 Å². The maximum absolute atomic E-state index is 12.3. The highest BCUT2D eigenvalue weighted by molar-refractivity contribution is 6.30. The van der Waals surface area contributed by atoms with Crippen LogP contribution < -0.4 is 4.74 Å². The second-order valence-corrected chi connectivity index (χ2v) is 5.83. The van der Waals surface area contributed by atoms with Crippen LogP contribution in [0, 0.1) is 0 Å². The molecule has 0 spiro atoms. The van der Waals surface area contributed by atoms with E-state index in [1.807, 2.05) is 18.2 Å². The first-order valence-corrected chi connectivity index (χ1v) is 8.28. The number of carbonyl (C=O) groups excluding carboxylic acids is 2. The molecule has 6 heteroatoms. The number of amides is 1. The smallest absolute Gasteiger partial charge is 0.325 e. The Morgan fingerprint density at radius 2 is 1.76 bits per heavy atom.